The fourth-order valence-electron chi connectivity index (χ4n) is 1.29. The van der Waals surface area contributed by atoms with E-state index in [0.717, 1.165) is 5.56 Å². The van der Waals surface area contributed by atoms with E-state index in [2.05, 4.69) is 10.3 Å². The predicted molar refractivity (Wildman–Crippen MR) is 69.2 cm³/mol. The normalized spacial score (nSPS) is 19.8. The van der Waals surface area contributed by atoms with Crippen molar-refractivity contribution in [2.24, 2.45) is 4.99 Å². The van der Waals surface area contributed by atoms with Crippen molar-refractivity contribution in [3.05, 3.63) is 34.9 Å². The number of nitrogens with zero attached hydrogens (tertiary/aromatic N) is 1. The lowest BCUT2D eigenvalue weighted by atomic mass is 10.2. The van der Waals surface area contributed by atoms with Crippen molar-refractivity contribution in [2.45, 2.75) is 11.9 Å². The van der Waals surface area contributed by atoms with Crippen LogP contribution in [0.2, 0.25) is 5.02 Å². The molecule has 1 aromatic carbocycles. The molecule has 2 N–H and O–H groups in total. The maximum absolute atomic E-state index is 11.2. The molecule has 0 saturated carbocycles. The zero-order chi connectivity index (χ0) is 12.3. The van der Waals surface area contributed by atoms with E-state index < -0.39 is 12.0 Å². The molecule has 1 aromatic rings. The highest BCUT2D eigenvalue weighted by Gasteiger charge is 2.21. The molecular weight excluding hydrogens is 260 g/mol. The van der Waals surface area contributed by atoms with Crippen LogP contribution < -0.4 is 5.32 Å². The monoisotopic (exact) mass is 270 g/mol. The first-order chi connectivity index (χ1) is 8.15. The fourth-order valence-corrected chi connectivity index (χ4v) is 2.25. The van der Waals surface area contributed by atoms with Gasteiger partial charge in [0.05, 0.1) is 6.54 Å². The minimum atomic E-state index is -1.02. The Morgan fingerprint density at radius 1 is 1.47 bits per heavy atom. The fraction of sp³-hybridized carbons (Fsp3) is 0.273. The summed E-state index contributed by atoms with van der Waals surface area (Å²) in [6.07, 6.45) is -1.02. The Hall–Kier alpha value is -1.04. The van der Waals surface area contributed by atoms with Gasteiger partial charge in [-0.3, -0.25) is 9.79 Å². The second-order valence-electron chi connectivity index (χ2n) is 3.57. The molecule has 0 saturated heterocycles. The Morgan fingerprint density at radius 3 is 2.82 bits per heavy atom. The van der Waals surface area contributed by atoms with E-state index >= 15 is 0 Å². The molecule has 17 heavy (non-hydrogen) atoms. The molecule has 6 heteroatoms. The number of aliphatic hydroxyl groups is 1. The number of carbonyl (C=O) groups is 1. The van der Waals surface area contributed by atoms with Crippen LogP contribution in [-0.2, 0) is 10.5 Å². The summed E-state index contributed by atoms with van der Waals surface area (Å²) in [5, 5.41) is 13.0. The zero-order valence-electron chi connectivity index (χ0n) is 8.89. The molecule has 0 bridgehead atoms. The lowest BCUT2D eigenvalue weighted by molar-refractivity contribution is -0.127. The second kappa shape index (κ2) is 5.53. The second-order valence-corrected chi connectivity index (χ2v) is 4.97. The van der Waals surface area contributed by atoms with E-state index in [1.54, 1.807) is 0 Å². The molecule has 0 radical (unpaired) electrons. The van der Waals surface area contributed by atoms with E-state index in [1.165, 1.54) is 11.8 Å². The van der Waals surface area contributed by atoms with E-state index in [-0.39, 0.29) is 6.54 Å². The highest BCUT2D eigenvalue weighted by Crippen LogP contribution is 2.17. The molecule has 0 aliphatic carbocycles. The Labute approximate surface area is 108 Å². The topological polar surface area (TPSA) is 61.7 Å². The van der Waals surface area contributed by atoms with Crippen LogP contribution in [0.1, 0.15) is 5.56 Å². The summed E-state index contributed by atoms with van der Waals surface area (Å²) >= 11 is 7.21. The first-order valence-electron chi connectivity index (χ1n) is 5.06. The van der Waals surface area contributed by atoms with Crippen LogP contribution in [0.25, 0.3) is 0 Å². The van der Waals surface area contributed by atoms with Gasteiger partial charge in [-0.1, -0.05) is 35.5 Å². The molecule has 0 fully saturated rings. The van der Waals surface area contributed by atoms with Gasteiger partial charge in [-0.25, -0.2) is 0 Å². The lowest BCUT2D eigenvalue weighted by Gasteiger charge is -2.16. The van der Waals surface area contributed by atoms with Gasteiger partial charge in [0.2, 0.25) is 0 Å². The summed E-state index contributed by atoms with van der Waals surface area (Å²) < 4.78 is 0. The smallest absolute Gasteiger partial charge is 0.256 e. The van der Waals surface area contributed by atoms with Crippen molar-refractivity contribution in [1.29, 1.82) is 0 Å². The number of hydrogen-bond acceptors (Lipinski definition) is 4. The molecule has 1 amide bonds. The third kappa shape index (κ3) is 3.46. The summed E-state index contributed by atoms with van der Waals surface area (Å²) in [6, 6.07) is 7.50. The minimum Gasteiger partial charge on any atom is -0.381 e. The Morgan fingerprint density at radius 2 is 2.18 bits per heavy atom. The van der Waals surface area contributed by atoms with Crippen molar-refractivity contribution in [2.75, 3.05) is 6.54 Å². The molecule has 0 aromatic heterocycles. The number of halogens is 1. The van der Waals surface area contributed by atoms with Gasteiger partial charge < -0.3 is 10.4 Å². The maximum Gasteiger partial charge on any atom is 0.256 e. The molecule has 90 valence electrons. The predicted octanol–water partition coefficient (Wildman–Crippen LogP) is 1.42. The van der Waals surface area contributed by atoms with Crippen LogP contribution in [0.5, 0.6) is 0 Å². The number of rotatable bonds is 2. The van der Waals surface area contributed by atoms with Gasteiger partial charge in [0.15, 0.2) is 11.3 Å². The molecule has 1 aliphatic heterocycles. The van der Waals surface area contributed by atoms with Crippen molar-refractivity contribution in [3.8, 4) is 0 Å². The van der Waals surface area contributed by atoms with Gasteiger partial charge in [0, 0.05) is 10.8 Å². The highest BCUT2D eigenvalue weighted by molar-refractivity contribution is 8.13. The van der Waals surface area contributed by atoms with Gasteiger partial charge in [-0.2, -0.15) is 0 Å². The van der Waals surface area contributed by atoms with Crippen LogP contribution in [0.3, 0.4) is 0 Å². The number of hydrogen-bond donors (Lipinski definition) is 2. The first-order valence-corrected chi connectivity index (χ1v) is 6.42. The van der Waals surface area contributed by atoms with Crippen LogP contribution in [0, 0.1) is 0 Å². The van der Waals surface area contributed by atoms with Gasteiger partial charge in [0.1, 0.15) is 0 Å². The van der Waals surface area contributed by atoms with Crippen molar-refractivity contribution < 1.29 is 9.90 Å². The number of benzene rings is 1. The third-order valence-electron chi connectivity index (χ3n) is 2.23. The van der Waals surface area contributed by atoms with Crippen LogP contribution >= 0.6 is 23.4 Å². The Bertz CT molecular complexity index is 447. The molecule has 1 unspecified atom stereocenters. The summed E-state index contributed by atoms with van der Waals surface area (Å²) in [5.74, 6) is 0.311. The molecule has 2 rings (SSSR count). The zero-order valence-corrected chi connectivity index (χ0v) is 10.5. The number of thioether (sulfide) groups is 1. The van der Waals surface area contributed by atoms with Gasteiger partial charge in [0.25, 0.3) is 5.91 Å². The standard InChI is InChI=1S/C11H11ClN2O2S/c12-8-3-1-7(2-4-8)6-17-11-13-5-9(15)10(16)14-11/h1-4,9,15H,5-6H2,(H,13,14,16). The molecule has 1 aliphatic rings. The Kier molecular flexibility index (Phi) is 4.04. The van der Waals surface area contributed by atoms with Crippen molar-refractivity contribution in [1.82, 2.24) is 5.32 Å². The largest absolute Gasteiger partial charge is 0.381 e. The number of aliphatic imine (C=N–C) groups is 1. The van der Waals surface area contributed by atoms with Crippen LogP contribution in [-0.4, -0.2) is 28.8 Å². The lowest BCUT2D eigenvalue weighted by Crippen LogP contribution is -2.43. The first kappa shape index (κ1) is 12.4. The molecule has 1 atom stereocenters. The van der Waals surface area contributed by atoms with E-state index in [9.17, 15) is 4.79 Å². The van der Waals surface area contributed by atoms with Crippen molar-refractivity contribution in [3.63, 3.8) is 0 Å². The quantitative estimate of drug-likeness (QED) is 0.854. The molecular formula is C11H11ClN2O2S. The number of aliphatic hydroxyl groups excluding tert-OH is 1. The van der Waals surface area contributed by atoms with Gasteiger partial charge in [-0.05, 0) is 17.7 Å². The average molecular weight is 271 g/mol. The van der Waals surface area contributed by atoms with Crippen LogP contribution in [0.4, 0.5) is 0 Å². The molecule has 1 heterocycles. The number of amidine groups is 1. The maximum atomic E-state index is 11.2. The summed E-state index contributed by atoms with van der Waals surface area (Å²) in [5.41, 5.74) is 1.10. The SMILES string of the molecule is O=C1NC(SCc2ccc(Cl)cc2)=NCC1O. The van der Waals surface area contributed by atoms with Crippen molar-refractivity contribution >= 4 is 34.4 Å². The molecule has 0 spiro atoms. The van der Waals surface area contributed by atoms with Gasteiger partial charge in [-0.15, -0.1) is 0 Å². The minimum absolute atomic E-state index is 0.134. The number of nitrogens with one attached hydrogen (secondary N) is 1. The average Bonchev–Trinajstić information content (AvgIpc) is 2.33. The van der Waals surface area contributed by atoms with E-state index in [1.807, 2.05) is 24.3 Å². The number of carbonyl (C=O) groups excluding carboxylic acids is 1. The van der Waals surface area contributed by atoms with Gasteiger partial charge >= 0.3 is 0 Å². The number of amides is 1. The summed E-state index contributed by atoms with van der Waals surface area (Å²) in [6.45, 7) is 0.134. The Balaban J connectivity index is 1.90. The van der Waals surface area contributed by atoms with E-state index in [4.69, 9.17) is 16.7 Å². The summed E-state index contributed by atoms with van der Waals surface area (Å²) in [7, 11) is 0. The third-order valence-corrected chi connectivity index (χ3v) is 3.46. The highest BCUT2D eigenvalue weighted by atomic mass is 35.5. The molecule has 4 nitrogen and oxygen atoms in total. The van der Waals surface area contributed by atoms with E-state index in [0.29, 0.717) is 15.9 Å². The summed E-state index contributed by atoms with van der Waals surface area (Å²) in [4.78, 5) is 15.3. The van der Waals surface area contributed by atoms with Crippen LogP contribution in [0.15, 0.2) is 29.3 Å².